The maximum atomic E-state index is 9.23. The van der Waals surface area contributed by atoms with Crippen LogP contribution in [0.3, 0.4) is 0 Å². The minimum absolute atomic E-state index is 0.0812. The molecule has 1 aromatic carbocycles. The molecule has 1 rings (SSSR count). The number of hydrogen-bond acceptors (Lipinski definition) is 3. The van der Waals surface area contributed by atoms with E-state index in [9.17, 15) is 5.11 Å². The van der Waals surface area contributed by atoms with Crippen LogP contribution in [0.4, 0.5) is 5.69 Å². The highest BCUT2D eigenvalue weighted by molar-refractivity contribution is 5.51. The Bertz CT molecular complexity index is 299. The van der Waals surface area contributed by atoms with Crippen molar-refractivity contribution in [2.24, 2.45) is 11.7 Å². The van der Waals surface area contributed by atoms with Crippen LogP contribution in [0.25, 0.3) is 0 Å². The summed E-state index contributed by atoms with van der Waals surface area (Å²) in [4.78, 5) is 0. The summed E-state index contributed by atoms with van der Waals surface area (Å²) in [6, 6.07) is 8.01. The van der Waals surface area contributed by atoms with Crippen molar-refractivity contribution < 1.29 is 5.11 Å². The fourth-order valence-electron chi connectivity index (χ4n) is 1.46. The lowest BCUT2D eigenvalue weighted by molar-refractivity contribution is 0.249. The van der Waals surface area contributed by atoms with Gasteiger partial charge in [-0.25, -0.2) is 0 Å². The monoisotopic (exact) mass is 208 g/mol. The zero-order valence-electron chi connectivity index (χ0n) is 9.40. The molecule has 3 heteroatoms. The summed E-state index contributed by atoms with van der Waals surface area (Å²) < 4.78 is 0. The standard InChI is InChI=1S/C12H20N2O/c1-9(2)12(8-15)14-11-6-4-3-5-10(11)7-13/h3-6,9,12,14-15H,7-8,13H2,1-2H3/t12-/m1/s1. The second-order valence-electron chi connectivity index (χ2n) is 4.04. The van der Waals surface area contributed by atoms with Crippen LogP contribution in [-0.4, -0.2) is 17.8 Å². The van der Waals surface area contributed by atoms with Crippen LogP contribution in [0.5, 0.6) is 0 Å². The van der Waals surface area contributed by atoms with E-state index in [0.717, 1.165) is 11.3 Å². The summed E-state index contributed by atoms with van der Waals surface area (Å²) in [5.74, 6) is 0.390. The van der Waals surface area contributed by atoms with Crippen molar-refractivity contribution in [2.75, 3.05) is 11.9 Å². The SMILES string of the molecule is CC(C)[C@@H](CO)Nc1ccccc1CN. The Morgan fingerprint density at radius 3 is 2.53 bits per heavy atom. The van der Waals surface area contributed by atoms with Crippen molar-refractivity contribution in [3.8, 4) is 0 Å². The third kappa shape index (κ3) is 3.22. The zero-order chi connectivity index (χ0) is 11.3. The maximum absolute atomic E-state index is 9.23. The Labute approximate surface area is 91.3 Å². The molecule has 0 aliphatic heterocycles. The number of nitrogens with one attached hydrogen (secondary N) is 1. The van der Waals surface area contributed by atoms with E-state index < -0.39 is 0 Å². The molecule has 4 N–H and O–H groups in total. The average Bonchev–Trinajstić information content (AvgIpc) is 2.25. The fraction of sp³-hybridized carbons (Fsp3) is 0.500. The molecule has 0 saturated heterocycles. The minimum Gasteiger partial charge on any atom is -0.394 e. The van der Waals surface area contributed by atoms with Crippen LogP contribution in [-0.2, 0) is 6.54 Å². The number of benzene rings is 1. The lowest BCUT2D eigenvalue weighted by Crippen LogP contribution is -2.30. The smallest absolute Gasteiger partial charge is 0.0635 e. The third-order valence-corrected chi connectivity index (χ3v) is 2.58. The van der Waals surface area contributed by atoms with Gasteiger partial charge in [-0.2, -0.15) is 0 Å². The molecule has 0 amide bonds. The molecule has 0 aliphatic carbocycles. The second-order valence-corrected chi connectivity index (χ2v) is 4.04. The quantitative estimate of drug-likeness (QED) is 0.688. The number of rotatable bonds is 5. The number of para-hydroxylation sites is 1. The van der Waals surface area contributed by atoms with Gasteiger partial charge in [0.1, 0.15) is 0 Å². The van der Waals surface area contributed by atoms with Gasteiger partial charge in [0.05, 0.1) is 12.6 Å². The number of aliphatic hydroxyl groups is 1. The maximum Gasteiger partial charge on any atom is 0.0635 e. The van der Waals surface area contributed by atoms with E-state index in [1.54, 1.807) is 0 Å². The first kappa shape index (κ1) is 12.0. The van der Waals surface area contributed by atoms with Crippen molar-refractivity contribution in [2.45, 2.75) is 26.4 Å². The summed E-state index contributed by atoms with van der Waals surface area (Å²) in [6.45, 7) is 4.81. The fourth-order valence-corrected chi connectivity index (χ4v) is 1.46. The third-order valence-electron chi connectivity index (χ3n) is 2.58. The van der Waals surface area contributed by atoms with Gasteiger partial charge in [0.2, 0.25) is 0 Å². The van der Waals surface area contributed by atoms with Crippen molar-refractivity contribution >= 4 is 5.69 Å². The number of aliphatic hydroxyl groups excluding tert-OH is 1. The van der Waals surface area contributed by atoms with Crippen LogP contribution < -0.4 is 11.1 Å². The molecular weight excluding hydrogens is 188 g/mol. The molecular formula is C12H20N2O. The number of anilines is 1. The van der Waals surface area contributed by atoms with E-state index in [4.69, 9.17) is 5.73 Å². The minimum atomic E-state index is 0.0812. The highest BCUT2D eigenvalue weighted by Gasteiger charge is 2.12. The molecule has 0 aromatic heterocycles. The average molecular weight is 208 g/mol. The van der Waals surface area contributed by atoms with E-state index in [-0.39, 0.29) is 12.6 Å². The highest BCUT2D eigenvalue weighted by atomic mass is 16.3. The first-order chi connectivity index (χ1) is 7.19. The summed E-state index contributed by atoms with van der Waals surface area (Å²) >= 11 is 0. The van der Waals surface area contributed by atoms with Gasteiger partial charge in [0, 0.05) is 12.2 Å². The molecule has 84 valence electrons. The van der Waals surface area contributed by atoms with Gasteiger partial charge in [-0.1, -0.05) is 32.0 Å². The molecule has 0 aliphatic rings. The molecule has 0 fully saturated rings. The molecule has 0 heterocycles. The summed E-state index contributed by atoms with van der Waals surface area (Å²) in [5.41, 5.74) is 7.74. The molecule has 0 spiro atoms. The Morgan fingerprint density at radius 2 is 2.00 bits per heavy atom. The van der Waals surface area contributed by atoms with Crippen molar-refractivity contribution in [3.63, 3.8) is 0 Å². The molecule has 1 atom stereocenters. The predicted octanol–water partition coefficient (Wildman–Crippen LogP) is 1.57. The first-order valence-corrected chi connectivity index (χ1v) is 5.34. The summed E-state index contributed by atoms with van der Waals surface area (Å²) in [6.07, 6.45) is 0. The van der Waals surface area contributed by atoms with Crippen LogP contribution in [0.2, 0.25) is 0 Å². The van der Waals surface area contributed by atoms with Gasteiger partial charge in [0.15, 0.2) is 0 Å². The Kier molecular flexibility index (Phi) is 4.59. The number of hydrogen-bond donors (Lipinski definition) is 3. The van der Waals surface area contributed by atoms with Gasteiger partial charge >= 0.3 is 0 Å². The zero-order valence-corrected chi connectivity index (χ0v) is 9.40. The van der Waals surface area contributed by atoms with E-state index in [1.165, 1.54) is 0 Å². The van der Waals surface area contributed by atoms with Crippen LogP contribution >= 0.6 is 0 Å². The Hall–Kier alpha value is -1.06. The topological polar surface area (TPSA) is 58.3 Å². The van der Waals surface area contributed by atoms with Gasteiger partial charge < -0.3 is 16.2 Å². The van der Waals surface area contributed by atoms with Gasteiger partial charge in [0.25, 0.3) is 0 Å². The molecule has 3 nitrogen and oxygen atoms in total. The van der Waals surface area contributed by atoms with Crippen molar-refractivity contribution in [1.82, 2.24) is 0 Å². The molecule has 0 radical (unpaired) electrons. The van der Waals surface area contributed by atoms with Crippen LogP contribution in [0.15, 0.2) is 24.3 Å². The van der Waals surface area contributed by atoms with E-state index in [1.807, 2.05) is 24.3 Å². The molecule has 0 saturated carbocycles. The van der Waals surface area contributed by atoms with Crippen molar-refractivity contribution in [3.05, 3.63) is 29.8 Å². The molecule has 1 aromatic rings. The van der Waals surface area contributed by atoms with Gasteiger partial charge in [-0.15, -0.1) is 0 Å². The second kappa shape index (κ2) is 5.73. The Balaban J connectivity index is 2.78. The van der Waals surface area contributed by atoms with Gasteiger partial charge in [-0.3, -0.25) is 0 Å². The lowest BCUT2D eigenvalue weighted by Gasteiger charge is -2.22. The van der Waals surface area contributed by atoms with Gasteiger partial charge in [-0.05, 0) is 17.5 Å². The molecule has 0 bridgehead atoms. The first-order valence-electron chi connectivity index (χ1n) is 5.34. The summed E-state index contributed by atoms with van der Waals surface area (Å²) in [7, 11) is 0. The van der Waals surface area contributed by atoms with Crippen LogP contribution in [0.1, 0.15) is 19.4 Å². The predicted molar refractivity (Wildman–Crippen MR) is 63.7 cm³/mol. The number of nitrogens with two attached hydrogens (primary N) is 1. The largest absolute Gasteiger partial charge is 0.394 e. The van der Waals surface area contributed by atoms with E-state index in [0.29, 0.717) is 12.5 Å². The Morgan fingerprint density at radius 1 is 1.33 bits per heavy atom. The highest BCUT2D eigenvalue weighted by Crippen LogP contribution is 2.17. The lowest BCUT2D eigenvalue weighted by atomic mass is 10.0. The normalized spacial score (nSPS) is 12.9. The molecule has 0 unspecified atom stereocenters. The van der Waals surface area contributed by atoms with E-state index >= 15 is 0 Å². The summed E-state index contributed by atoms with van der Waals surface area (Å²) in [5, 5.41) is 12.5. The van der Waals surface area contributed by atoms with Crippen molar-refractivity contribution in [1.29, 1.82) is 0 Å². The van der Waals surface area contributed by atoms with Crippen LogP contribution in [0, 0.1) is 5.92 Å². The molecule has 15 heavy (non-hydrogen) atoms. The van der Waals surface area contributed by atoms with E-state index in [2.05, 4.69) is 19.2 Å².